The summed E-state index contributed by atoms with van der Waals surface area (Å²) >= 11 is 0. The lowest BCUT2D eigenvalue weighted by Gasteiger charge is -2.38. The Morgan fingerprint density at radius 3 is 2.61 bits per heavy atom. The van der Waals surface area contributed by atoms with Gasteiger partial charge in [-0.1, -0.05) is 18.6 Å². The largest absolute Gasteiger partial charge is 0.390 e. The minimum Gasteiger partial charge on any atom is -0.387 e. The lowest BCUT2D eigenvalue weighted by Crippen LogP contribution is -2.44. The minimum atomic E-state index is -4.24. The van der Waals surface area contributed by atoms with Crippen LogP contribution in [0.25, 0.3) is 0 Å². The molecule has 1 fully saturated rings. The third-order valence-corrected chi connectivity index (χ3v) is 4.15. The maximum Gasteiger partial charge on any atom is 0.390 e. The lowest BCUT2D eigenvalue weighted by atomic mass is 9.90. The van der Waals surface area contributed by atoms with Crippen LogP contribution in [-0.2, 0) is 0 Å². The number of nitro groups is 1. The first kappa shape index (κ1) is 17.7. The van der Waals surface area contributed by atoms with Crippen molar-refractivity contribution in [2.24, 2.45) is 0 Å². The molecule has 1 saturated carbocycles. The molecule has 2 rings (SSSR count). The molecule has 0 amide bonds. The van der Waals surface area contributed by atoms with Crippen molar-refractivity contribution in [1.29, 1.82) is 0 Å². The standard InChI is InChI=1S/C15H19F3N2O3/c16-15(17,18)7-8-19(12-4-2-5-12)10-14(21)11-3-1-6-13(9-11)20(22)23/h1,3,6,9,12,14,21H,2,4-5,7-8,10H2. The number of hydrogen-bond donors (Lipinski definition) is 1. The van der Waals surface area contributed by atoms with Gasteiger partial charge in [-0.15, -0.1) is 0 Å². The summed E-state index contributed by atoms with van der Waals surface area (Å²) in [5.41, 5.74) is 0.197. The highest BCUT2D eigenvalue weighted by Crippen LogP contribution is 2.29. The van der Waals surface area contributed by atoms with E-state index in [9.17, 15) is 28.4 Å². The average molecular weight is 332 g/mol. The Morgan fingerprint density at radius 2 is 2.09 bits per heavy atom. The Labute approximate surface area is 131 Å². The SMILES string of the molecule is O=[N+]([O-])c1cccc(C(O)CN(CCC(F)(F)F)C2CCC2)c1. The van der Waals surface area contributed by atoms with Gasteiger partial charge in [-0.2, -0.15) is 13.2 Å². The molecule has 0 aliphatic heterocycles. The van der Waals surface area contributed by atoms with E-state index in [2.05, 4.69) is 0 Å². The fourth-order valence-corrected chi connectivity index (χ4v) is 2.62. The van der Waals surface area contributed by atoms with E-state index in [0.717, 1.165) is 19.3 Å². The van der Waals surface area contributed by atoms with Gasteiger partial charge in [0.25, 0.3) is 5.69 Å². The second-order valence-electron chi connectivity index (χ2n) is 5.81. The van der Waals surface area contributed by atoms with Crippen LogP contribution < -0.4 is 0 Å². The van der Waals surface area contributed by atoms with E-state index in [4.69, 9.17) is 0 Å². The van der Waals surface area contributed by atoms with Crippen molar-refractivity contribution >= 4 is 5.69 Å². The molecule has 1 N–H and O–H groups in total. The third-order valence-electron chi connectivity index (χ3n) is 4.15. The number of benzene rings is 1. The molecule has 1 aromatic carbocycles. The van der Waals surface area contributed by atoms with Gasteiger partial charge >= 0.3 is 6.18 Å². The van der Waals surface area contributed by atoms with Crippen LogP contribution in [0.5, 0.6) is 0 Å². The Balaban J connectivity index is 2.03. The number of alkyl halides is 3. The van der Waals surface area contributed by atoms with E-state index in [1.807, 2.05) is 0 Å². The number of aliphatic hydroxyl groups is 1. The highest BCUT2D eigenvalue weighted by Gasteiger charge is 2.32. The van der Waals surface area contributed by atoms with Crippen LogP contribution in [0.15, 0.2) is 24.3 Å². The van der Waals surface area contributed by atoms with Crippen molar-refractivity contribution in [3.63, 3.8) is 0 Å². The van der Waals surface area contributed by atoms with Crippen LogP contribution in [0, 0.1) is 10.1 Å². The van der Waals surface area contributed by atoms with Crippen molar-refractivity contribution in [3.8, 4) is 0 Å². The predicted molar refractivity (Wildman–Crippen MR) is 77.9 cm³/mol. The summed E-state index contributed by atoms with van der Waals surface area (Å²) in [6, 6.07) is 5.61. The molecule has 5 nitrogen and oxygen atoms in total. The molecule has 128 valence electrons. The summed E-state index contributed by atoms with van der Waals surface area (Å²) in [5, 5.41) is 21.0. The Morgan fingerprint density at radius 1 is 1.39 bits per heavy atom. The first-order valence-corrected chi connectivity index (χ1v) is 7.49. The molecular formula is C15H19F3N2O3. The van der Waals surface area contributed by atoms with Crippen LogP contribution >= 0.6 is 0 Å². The fourth-order valence-electron chi connectivity index (χ4n) is 2.62. The molecule has 0 bridgehead atoms. The molecule has 1 unspecified atom stereocenters. The first-order chi connectivity index (χ1) is 10.8. The van der Waals surface area contributed by atoms with Gasteiger partial charge in [0.2, 0.25) is 0 Å². The molecule has 23 heavy (non-hydrogen) atoms. The molecule has 1 aliphatic carbocycles. The Kier molecular flexibility index (Phi) is 5.59. The second-order valence-corrected chi connectivity index (χ2v) is 5.81. The summed E-state index contributed by atoms with van der Waals surface area (Å²) < 4.78 is 37.3. The number of nitro benzene ring substituents is 1. The predicted octanol–water partition coefficient (Wildman–Crippen LogP) is 3.44. The van der Waals surface area contributed by atoms with E-state index in [0.29, 0.717) is 5.56 Å². The van der Waals surface area contributed by atoms with Crippen molar-refractivity contribution in [3.05, 3.63) is 39.9 Å². The van der Waals surface area contributed by atoms with E-state index < -0.39 is 23.6 Å². The van der Waals surface area contributed by atoms with Crippen molar-refractivity contribution in [2.75, 3.05) is 13.1 Å². The maximum absolute atomic E-state index is 12.4. The van der Waals surface area contributed by atoms with Gasteiger partial charge in [-0.3, -0.25) is 15.0 Å². The number of non-ortho nitro benzene ring substituents is 1. The van der Waals surface area contributed by atoms with Crippen molar-refractivity contribution in [2.45, 2.75) is 44.0 Å². The van der Waals surface area contributed by atoms with Gasteiger partial charge in [0.1, 0.15) is 0 Å². The minimum absolute atomic E-state index is 0.0436. The zero-order valence-electron chi connectivity index (χ0n) is 12.5. The van der Waals surface area contributed by atoms with E-state index in [-0.39, 0.29) is 24.8 Å². The highest BCUT2D eigenvalue weighted by atomic mass is 19.4. The molecular weight excluding hydrogens is 313 g/mol. The molecule has 8 heteroatoms. The summed E-state index contributed by atoms with van der Waals surface area (Å²) in [6.45, 7) is -0.123. The van der Waals surface area contributed by atoms with Crippen LogP contribution in [0.4, 0.5) is 18.9 Å². The normalized spacial score (nSPS) is 17.1. The Hall–Kier alpha value is -1.67. The third kappa shape index (κ3) is 5.18. The van der Waals surface area contributed by atoms with Crippen LogP contribution in [-0.4, -0.2) is 40.2 Å². The van der Waals surface area contributed by atoms with Crippen molar-refractivity contribution in [1.82, 2.24) is 4.90 Å². The molecule has 0 saturated heterocycles. The summed E-state index contributed by atoms with van der Waals surface area (Å²) in [6.07, 6.45) is -3.60. The lowest BCUT2D eigenvalue weighted by molar-refractivity contribution is -0.385. The highest BCUT2D eigenvalue weighted by molar-refractivity contribution is 5.35. The van der Waals surface area contributed by atoms with E-state index >= 15 is 0 Å². The smallest absolute Gasteiger partial charge is 0.387 e. The fraction of sp³-hybridized carbons (Fsp3) is 0.600. The summed E-state index contributed by atoms with van der Waals surface area (Å²) in [5.74, 6) is 0. The van der Waals surface area contributed by atoms with Crippen LogP contribution in [0.3, 0.4) is 0 Å². The van der Waals surface area contributed by atoms with Crippen molar-refractivity contribution < 1.29 is 23.2 Å². The number of halogens is 3. The summed E-state index contributed by atoms with van der Waals surface area (Å²) in [7, 11) is 0. The van der Waals surface area contributed by atoms with Gasteiger partial charge < -0.3 is 5.11 Å². The first-order valence-electron chi connectivity index (χ1n) is 7.49. The van der Waals surface area contributed by atoms with Gasteiger partial charge in [0, 0.05) is 31.3 Å². The van der Waals surface area contributed by atoms with Gasteiger partial charge in [0.15, 0.2) is 0 Å². The van der Waals surface area contributed by atoms with E-state index in [1.165, 1.54) is 18.2 Å². The maximum atomic E-state index is 12.4. The Bertz CT molecular complexity index is 547. The number of hydrogen-bond acceptors (Lipinski definition) is 4. The van der Waals surface area contributed by atoms with Crippen LogP contribution in [0.2, 0.25) is 0 Å². The quantitative estimate of drug-likeness (QED) is 0.613. The zero-order valence-corrected chi connectivity index (χ0v) is 12.5. The van der Waals surface area contributed by atoms with E-state index in [1.54, 1.807) is 11.0 Å². The topological polar surface area (TPSA) is 66.6 Å². The average Bonchev–Trinajstić information content (AvgIpc) is 2.42. The monoisotopic (exact) mass is 332 g/mol. The molecule has 0 radical (unpaired) electrons. The molecule has 1 atom stereocenters. The molecule has 0 heterocycles. The van der Waals surface area contributed by atoms with Gasteiger partial charge in [-0.25, -0.2) is 0 Å². The molecule has 1 aromatic rings. The number of nitrogens with zero attached hydrogens (tertiary/aromatic N) is 2. The number of rotatable bonds is 7. The molecule has 0 spiro atoms. The number of aliphatic hydroxyl groups excluding tert-OH is 1. The van der Waals surface area contributed by atoms with Gasteiger partial charge in [0.05, 0.1) is 17.4 Å². The van der Waals surface area contributed by atoms with Gasteiger partial charge in [-0.05, 0) is 18.4 Å². The molecule has 0 aromatic heterocycles. The van der Waals surface area contributed by atoms with Crippen LogP contribution in [0.1, 0.15) is 37.4 Å². The summed E-state index contributed by atoms with van der Waals surface area (Å²) in [4.78, 5) is 11.8. The zero-order chi connectivity index (χ0) is 17.0. The molecule has 1 aliphatic rings. The second kappa shape index (κ2) is 7.27.